The van der Waals surface area contributed by atoms with E-state index in [0.717, 1.165) is 11.8 Å². The van der Waals surface area contributed by atoms with Gasteiger partial charge in [0.1, 0.15) is 0 Å². The Morgan fingerprint density at radius 2 is 0.744 bits per heavy atom. The Balaban J connectivity index is 0.891. The van der Waals surface area contributed by atoms with Crippen LogP contribution in [-0.4, -0.2) is 16.1 Å². The first-order chi connectivity index (χ1) is 40.3. The van der Waals surface area contributed by atoms with E-state index in [-0.39, 0.29) is 31.7 Å². The second kappa shape index (κ2) is 19.3. The number of hydrogen-bond acceptors (Lipinski definition) is 3. The summed E-state index contributed by atoms with van der Waals surface area (Å²) in [6.07, 6.45) is 6.92. The Morgan fingerprint density at radius 3 is 1.21 bits per heavy atom. The molecule has 15 rings (SSSR count). The largest absolute Gasteiger partial charge is 0.310 e. The van der Waals surface area contributed by atoms with Crippen molar-refractivity contribution < 1.29 is 0 Å². The molecule has 8 aromatic carbocycles. The summed E-state index contributed by atoms with van der Waals surface area (Å²) in [7, 11) is -3.46. The van der Waals surface area contributed by atoms with Gasteiger partial charge in [0.15, 0.2) is 0 Å². The first-order valence-corrected chi connectivity index (χ1v) is 39.5. The van der Waals surface area contributed by atoms with Gasteiger partial charge in [-0.1, -0.05) is 194 Å². The maximum absolute atomic E-state index is 2.78. The summed E-state index contributed by atoms with van der Waals surface area (Å²) >= 11 is 2.00. The van der Waals surface area contributed by atoms with Gasteiger partial charge >= 0.3 is 0 Å². The van der Waals surface area contributed by atoms with Gasteiger partial charge in [0.05, 0.1) is 16.1 Å². The smallest absolute Gasteiger partial charge is 0.0859 e. The number of benzene rings is 8. The van der Waals surface area contributed by atoms with Gasteiger partial charge in [-0.3, -0.25) is 0 Å². The molecule has 9 aromatic rings. The average Bonchev–Trinajstić information content (AvgIpc) is 1.49. The van der Waals surface area contributed by atoms with Crippen molar-refractivity contribution in [1.29, 1.82) is 0 Å². The van der Waals surface area contributed by atoms with Crippen molar-refractivity contribution in [2.45, 2.75) is 187 Å². The highest BCUT2D eigenvalue weighted by Gasteiger charge is 2.62. The van der Waals surface area contributed by atoms with Crippen molar-refractivity contribution in [1.82, 2.24) is 0 Å². The van der Waals surface area contributed by atoms with Gasteiger partial charge in [0.25, 0.3) is 0 Å². The molecule has 86 heavy (non-hydrogen) atoms. The van der Waals surface area contributed by atoms with Crippen LogP contribution in [0.4, 0.5) is 34.1 Å². The summed E-state index contributed by atoms with van der Waals surface area (Å²) in [4.78, 5) is 5.03. The van der Waals surface area contributed by atoms with Gasteiger partial charge in [-0.2, -0.15) is 0 Å². The molecule has 1 aromatic heterocycles. The number of nitrogens with zero attached hydrogens (tertiary/aromatic N) is 2. The highest BCUT2D eigenvalue weighted by atomic mass is 32.1. The summed E-state index contributed by atoms with van der Waals surface area (Å²) in [5.74, 6) is 3.09. The van der Waals surface area contributed by atoms with E-state index in [4.69, 9.17) is 0 Å². The van der Waals surface area contributed by atoms with E-state index in [1.165, 1.54) is 141 Å². The lowest BCUT2D eigenvalue weighted by Crippen LogP contribution is -2.55. The highest BCUT2D eigenvalue weighted by molar-refractivity contribution is 7.25. The molecule has 1 spiro atoms. The van der Waals surface area contributed by atoms with E-state index in [2.05, 4.69) is 291 Å². The predicted octanol–water partition coefficient (Wildman–Crippen LogP) is 23.0. The predicted molar refractivity (Wildman–Crippen MR) is 381 cm³/mol. The van der Waals surface area contributed by atoms with Crippen LogP contribution in [0.3, 0.4) is 0 Å². The van der Waals surface area contributed by atoms with Crippen LogP contribution in [0.1, 0.15) is 162 Å². The zero-order chi connectivity index (χ0) is 60.8. The Labute approximate surface area is 522 Å². The summed E-state index contributed by atoms with van der Waals surface area (Å²) in [6, 6.07) is 63.9. The third kappa shape index (κ3) is 8.75. The minimum absolute atomic E-state index is 0.0293. The molecule has 0 saturated heterocycles. The van der Waals surface area contributed by atoms with Crippen LogP contribution in [0.25, 0.3) is 42.4 Å². The van der Waals surface area contributed by atoms with Crippen molar-refractivity contribution >= 4 is 92.2 Å². The SMILES string of the molecule is CC(C)(C)c1ccc(N(c2ccc([Si](C)(C)C(C)(C)C)cc2)c2ccc3c(c2)C(C)(C)c2cc4c(cc2-3)C2(c3cc5c(cc3-4)sc3cc(N(c4ccc(C(C)(C)C)cc4)c4ccc([Si](C)(C)C(C)(C)C)cc4)ccc35)C3CC4CC(C3)CC2C4)cc1. The summed E-state index contributed by atoms with van der Waals surface area (Å²) < 4.78 is 2.77. The van der Waals surface area contributed by atoms with Gasteiger partial charge in [-0.25, -0.2) is 0 Å². The molecule has 4 bridgehead atoms. The molecule has 4 fully saturated rings. The monoisotopic (exact) mass is 1180 g/mol. The van der Waals surface area contributed by atoms with Crippen LogP contribution in [0.2, 0.25) is 36.3 Å². The quantitative estimate of drug-likeness (QED) is 0.140. The van der Waals surface area contributed by atoms with Crippen molar-refractivity contribution in [2.24, 2.45) is 23.7 Å². The normalized spacial score (nSPS) is 21.3. The van der Waals surface area contributed by atoms with Gasteiger partial charge in [0.2, 0.25) is 0 Å². The summed E-state index contributed by atoms with van der Waals surface area (Å²) in [5.41, 5.74) is 22.0. The molecule has 0 atom stereocenters. The fourth-order valence-corrected chi connectivity index (χ4v) is 21.9. The molecule has 4 saturated carbocycles. The Hall–Kier alpha value is -5.99. The van der Waals surface area contributed by atoms with E-state index in [0.29, 0.717) is 11.8 Å². The molecule has 0 N–H and O–H groups in total. The Morgan fingerprint density at radius 1 is 0.372 bits per heavy atom. The summed E-state index contributed by atoms with van der Waals surface area (Å²) in [6.45, 7) is 43.6. The van der Waals surface area contributed by atoms with Crippen molar-refractivity contribution in [3.8, 4) is 22.3 Å². The molecule has 0 radical (unpaired) electrons. The number of fused-ring (bicyclic) bond motifs is 9. The number of hydrogen-bond donors (Lipinski definition) is 0. The molecule has 6 aliphatic rings. The molecular weight excluding hydrogens is 1090 g/mol. The maximum atomic E-state index is 2.78. The minimum Gasteiger partial charge on any atom is -0.310 e. The lowest BCUT2D eigenvalue weighted by atomic mass is 9.43. The van der Waals surface area contributed by atoms with Crippen LogP contribution in [0, 0.1) is 23.7 Å². The molecule has 0 unspecified atom stereocenters. The van der Waals surface area contributed by atoms with E-state index in [1.807, 2.05) is 11.3 Å². The third-order valence-electron chi connectivity index (χ3n) is 23.9. The Bertz CT molecular complexity index is 4140. The number of rotatable bonds is 8. The maximum Gasteiger partial charge on any atom is 0.0859 e. The first-order valence-electron chi connectivity index (χ1n) is 32.7. The second-order valence-corrected chi connectivity index (χ2v) is 45.0. The molecule has 0 aliphatic heterocycles. The number of thiophene rings is 1. The van der Waals surface area contributed by atoms with Crippen LogP contribution < -0.4 is 20.2 Å². The van der Waals surface area contributed by atoms with Crippen molar-refractivity contribution in [3.05, 3.63) is 191 Å². The van der Waals surface area contributed by atoms with Crippen molar-refractivity contribution in [3.63, 3.8) is 0 Å². The molecule has 2 nitrogen and oxygen atoms in total. The Kier molecular flexibility index (Phi) is 12.9. The van der Waals surface area contributed by atoms with E-state index in [9.17, 15) is 0 Å². The second-order valence-electron chi connectivity index (χ2n) is 33.3. The van der Waals surface area contributed by atoms with Gasteiger partial charge in [0, 0.05) is 65.1 Å². The van der Waals surface area contributed by atoms with Gasteiger partial charge < -0.3 is 9.80 Å². The fourth-order valence-electron chi connectivity index (χ4n) is 17.0. The average molecular weight is 1180 g/mol. The molecule has 6 aliphatic carbocycles. The van der Waals surface area contributed by atoms with Crippen LogP contribution in [0.15, 0.2) is 158 Å². The minimum atomic E-state index is -1.73. The van der Waals surface area contributed by atoms with Crippen LogP contribution >= 0.6 is 11.3 Å². The standard InChI is InChI=1S/C81H94N2SSi2/c1-76(2,3)52-19-23-56(24-20-52)82(58-27-33-62(34-28-58)85(15,16)78(7,8)9)60-31-37-64-66-47-72-67(46-71(66)80(13,14)70(64)44-60)68-49-75-69(48-73(68)81(72)54-40-50-39-51(42-54)43-55(81)41-50)65-38-32-61(45-74(65)84-75)83(57-25-21-53(22-26-57)77(4,5)6)59-29-35-63(36-30-59)86(17,18)79(10,11)12/h19-38,44-51,54-55H,39-43H2,1-18H3. The third-order valence-corrected chi connectivity index (χ3v) is 36.1. The zero-order valence-corrected chi connectivity index (χ0v) is 58.0. The van der Waals surface area contributed by atoms with Gasteiger partial charge in [-0.15, -0.1) is 11.3 Å². The van der Waals surface area contributed by atoms with Crippen LogP contribution in [0.5, 0.6) is 0 Å². The topological polar surface area (TPSA) is 6.48 Å². The molecular formula is C81H94N2SSi2. The first kappa shape index (κ1) is 57.7. The van der Waals surface area contributed by atoms with E-state index in [1.54, 1.807) is 11.1 Å². The molecule has 442 valence electrons. The zero-order valence-electron chi connectivity index (χ0n) is 55.2. The highest BCUT2D eigenvalue weighted by Crippen LogP contribution is 2.71. The lowest BCUT2D eigenvalue weighted by Gasteiger charge is -2.61. The van der Waals surface area contributed by atoms with E-state index < -0.39 is 16.1 Å². The van der Waals surface area contributed by atoms with Gasteiger partial charge in [-0.05, 0) is 229 Å². The van der Waals surface area contributed by atoms with E-state index >= 15 is 0 Å². The number of anilines is 6. The molecule has 1 heterocycles. The molecule has 0 amide bonds. The van der Waals surface area contributed by atoms with Crippen LogP contribution in [-0.2, 0) is 21.7 Å². The van der Waals surface area contributed by atoms with Crippen molar-refractivity contribution in [2.75, 3.05) is 9.80 Å². The lowest BCUT2D eigenvalue weighted by molar-refractivity contribution is -0.0398. The summed E-state index contributed by atoms with van der Waals surface area (Å²) in [5, 5.41) is 6.37. The molecule has 5 heteroatoms. The fraction of sp³-hybridized carbons (Fsp3) is 0.407.